The second-order valence-corrected chi connectivity index (χ2v) is 3.73. The van der Waals surface area contributed by atoms with Crippen LogP contribution < -0.4 is 16.8 Å². The highest BCUT2D eigenvalue weighted by Gasteiger charge is 2.15. The highest BCUT2D eigenvalue weighted by Crippen LogP contribution is 1.98. The van der Waals surface area contributed by atoms with Crippen molar-refractivity contribution in [3.8, 4) is 0 Å². The normalized spacial score (nSPS) is 13.9. The van der Waals surface area contributed by atoms with E-state index in [-0.39, 0.29) is 18.6 Å². The van der Waals surface area contributed by atoms with Crippen LogP contribution in [0, 0.1) is 0 Å². The maximum Gasteiger partial charge on any atom is 0.293 e. The second kappa shape index (κ2) is 9.11. The zero-order valence-electron chi connectivity index (χ0n) is 9.65. The van der Waals surface area contributed by atoms with E-state index < -0.39 is 6.04 Å². The van der Waals surface area contributed by atoms with Crippen molar-refractivity contribution in [1.29, 1.82) is 0 Å². The number of nitrogens with one attached hydrogen (secondary N) is 1. The number of amides is 1. The molecule has 6 heteroatoms. The average molecular weight is 231 g/mol. The molecule has 0 saturated carbocycles. The third kappa shape index (κ3) is 7.19. The van der Waals surface area contributed by atoms with Gasteiger partial charge >= 0.3 is 0 Å². The first-order valence-corrected chi connectivity index (χ1v) is 5.43. The SMILES string of the molecule is CC(COC=O)NC(=O)C(N)CCCCN. The number of hydrogen-bond acceptors (Lipinski definition) is 5. The molecule has 0 bridgehead atoms. The molecule has 0 spiro atoms. The molecule has 0 aliphatic carbocycles. The van der Waals surface area contributed by atoms with Crippen LogP contribution in [0.25, 0.3) is 0 Å². The Hall–Kier alpha value is -1.14. The summed E-state index contributed by atoms with van der Waals surface area (Å²) in [5, 5.41) is 2.66. The van der Waals surface area contributed by atoms with Gasteiger partial charge in [0.25, 0.3) is 6.47 Å². The molecule has 5 N–H and O–H groups in total. The largest absolute Gasteiger partial charge is 0.466 e. The minimum absolute atomic E-state index is 0.157. The second-order valence-electron chi connectivity index (χ2n) is 3.73. The summed E-state index contributed by atoms with van der Waals surface area (Å²) in [5.41, 5.74) is 11.0. The number of carbonyl (C=O) groups is 2. The molecule has 6 nitrogen and oxygen atoms in total. The number of hydrogen-bond donors (Lipinski definition) is 3. The van der Waals surface area contributed by atoms with E-state index in [4.69, 9.17) is 11.5 Å². The van der Waals surface area contributed by atoms with E-state index in [1.54, 1.807) is 6.92 Å². The Morgan fingerprint density at radius 2 is 2.19 bits per heavy atom. The van der Waals surface area contributed by atoms with E-state index >= 15 is 0 Å². The lowest BCUT2D eigenvalue weighted by molar-refractivity contribution is -0.131. The van der Waals surface area contributed by atoms with Gasteiger partial charge in [0, 0.05) is 0 Å². The zero-order chi connectivity index (χ0) is 12.4. The number of rotatable bonds is 9. The van der Waals surface area contributed by atoms with Crippen LogP contribution in [0.2, 0.25) is 0 Å². The maximum atomic E-state index is 11.5. The molecule has 2 atom stereocenters. The van der Waals surface area contributed by atoms with Crippen LogP contribution in [0.5, 0.6) is 0 Å². The summed E-state index contributed by atoms with van der Waals surface area (Å²) in [7, 11) is 0. The molecule has 1 amide bonds. The fraction of sp³-hybridized carbons (Fsp3) is 0.800. The number of carbonyl (C=O) groups excluding carboxylic acids is 2. The predicted octanol–water partition coefficient (Wildman–Crippen LogP) is -0.880. The van der Waals surface area contributed by atoms with Crippen LogP contribution in [0.1, 0.15) is 26.2 Å². The average Bonchev–Trinajstić information content (AvgIpc) is 2.26. The fourth-order valence-electron chi connectivity index (χ4n) is 1.21. The Bertz CT molecular complexity index is 211. The first-order chi connectivity index (χ1) is 7.61. The summed E-state index contributed by atoms with van der Waals surface area (Å²) in [4.78, 5) is 21.4. The molecular weight excluding hydrogens is 210 g/mol. The number of unbranched alkanes of at least 4 members (excludes halogenated alkanes) is 1. The Kier molecular flexibility index (Phi) is 8.46. The fourth-order valence-corrected chi connectivity index (χ4v) is 1.21. The summed E-state index contributed by atoms with van der Waals surface area (Å²) in [5.74, 6) is -0.223. The van der Waals surface area contributed by atoms with Crippen molar-refractivity contribution in [1.82, 2.24) is 5.32 Å². The molecule has 0 rings (SSSR count). The zero-order valence-corrected chi connectivity index (χ0v) is 9.65. The van der Waals surface area contributed by atoms with Gasteiger partial charge in [-0.15, -0.1) is 0 Å². The van der Waals surface area contributed by atoms with Crippen molar-refractivity contribution < 1.29 is 14.3 Å². The quantitative estimate of drug-likeness (QED) is 0.353. The summed E-state index contributed by atoms with van der Waals surface area (Å²) >= 11 is 0. The monoisotopic (exact) mass is 231 g/mol. The molecule has 0 saturated heterocycles. The van der Waals surface area contributed by atoms with Gasteiger partial charge in [-0.2, -0.15) is 0 Å². The van der Waals surface area contributed by atoms with Crippen molar-refractivity contribution >= 4 is 12.4 Å². The van der Waals surface area contributed by atoms with Crippen LogP contribution in [-0.4, -0.2) is 37.6 Å². The van der Waals surface area contributed by atoms with Crippen LogP contribution in [-0.2, 0) is 14.3 Å². The van der Waals surface area contributed by atoms with Gasteiger partial charge < -0.3 is 21.5 Å². The molecule has 0 aliphatic rings. The summed E-state index contributed by atoms with van der Waals surface area (Å²) in [6.45, 7) is 2.86. The van der Waals surface area contributed by atoms with Gasteiger partial charge in [-0.1, -0.05) is 6.42 Å². The van der Waals surface area contributed by atoms with Crippen LogP contribution in [0.3, 0.4) is 0 Å². The van der Waals surface area contributed by atoms with Gasteiger partial charge in [-0.25, -0.2) is 0 Å². The molecule has 0 heterocycles. The van der Waals surface area contributed by atoms with Crippen molar-refractivity contribution in [3.63, 3.8) is 0 Å². The Morgan fingerprint density at radius 1 is 1.50 bits per heavy atom. The van der Waals surface area contributed by atoms with E-state index in [0.717, 1.165) is 12.8 Å². The highest BCUT2D eigenvalue weighted by molar-refractivity contribution is 5.81. The maximum absolute atomic E-state index is 11.5. The molecule has 16 heavy (non-hydrogen) atoms. The van der Waals surface area contributed by atoms with Crippen molar-refractivity contribution in [3.05, 3.63) is 0 Å². The minimum Gasteiger partial charge on any atom is -0.466 e. The van der Waals surface area contributed by atoms with Crippen LogP contribution in [0.15, 0.2) is 0 Å². The first-order valence-electron chi connectivity index (χ1n) is 5.43. The number of ether oxygens (including phenoxy) is 1. The van der Waals surface area contributed by atoms with E-state index in [9.17, 15) is 9.59 Å². The molecule has 94 valence electrons. The van der Waals surface area contributed by atoms with Crippen molar-refractivity contribution in [2.45, 2.75) is 38.3 Å². The van der Waals surface area contributed by atoms with E-state index in [2.05, 4.69) is 10.1 Å². The molecule has 0 aromatic carbocycles. The Labute approximate surface area is 95.7 Å². The van der Waals surface area contributed by atoms with E-state index in [1.165, 1.54) is 0 Å². The smallest absolute Gasteiger partial charge is 0.293 e. The lowest BCUT2D eigenvalue weighted by Crippen LogP contribution is -2.45. The van der Waals surface area contributed by atoms with Gasteiger partial charge in [-0.3, -0.25) is 9.59 Å². The third-order valence-corrected chi connectivity index (χ3v) is 2.11. The predicted molar refractivity (Wildman–Crippen MR) is 60.5 cm³/mol. The molecule has 0 radical (unpaired) electrons. The summed E-state index contributed by atoms with van der Waals surface area (Å²) in [6, 6.07) is -0.747. The van der Waals surface area contributed by atoms with Crippen LogP contribution >= 0.6 is 0 Å². The highest BCUT2D eigenvalue weighted by atomic mass is 16.5. The molecule has 0 fully saturated rings. The van der Waals surface area contributed by atoms with Gasteiger partial charge in [0.15, 0.2) is 0 Å². The molecule has 0 aromatic rings. The lowest BCUT2D eigenvalue weighted by atomic mass is 10.1. The Balaban J connectivity index is 3.72. The molecule has 2 unspecified atom stereocenters. The molecular formula is C10H21N3O3. The van der Waals surface area contributed by atoms with E-state index in [0.29, 0.717) is 19.4 Å². The summed E-state index contributed by atoms with van der Waals surface area (Å²) < 4.78 is 4.52. The third-order valence-electron chi connectivity index (χ3n) is 2.11. The van der Waals surface area contributed by atoms with Crippen molar-refractivity contribution in [2.24, 2.45) is 11.5 Å². The molecule has 0 aromatic heterocycles. The first kappa shape index (κ1) is 14.9. The Morgan fingerprint density at radius 3 is 2.75 bits per heavy atom. The van der Waals surface area contributed by atoms with Gasteiger partial charge in [0.05, 0.1) is 12.1 Å². The standard InChI is InChI=1S/C10H21N3O3/c1-8(6-16-7-14)13-10(15)9(12)4-2-3-5-11/h7-9H,2-6,11-12H2,1H3,(H,13,15). The van der Waals surface area contributed by atoms with Crippen LogP contribution in [0.4, 0.5) is 0 Å². The number of nitrogens with two attached hydrogens (primary N) is 2. The van der Waals surface area contributed by atoms with Crippen molar-refractivity contribution in [2.75, 3.05) is 13.2 Å². The van der Waals surface area contributed by atoms with E-state index in [1.807, 2.05) is 0 Å². The van der Waals surface area contributed by atoms with Gasteiger partial charge in [-0.05, 0) is 26.3 Å². The molecule has 0 aliphatic heterocycles. The summed E-state index contributed by atoms with van der Waals surface area (Å²) in [6.07, 6.45) is 2.32. The minimum atomic E-state index is -0.523. The van der Waals surface area contributed by atoms with Gasteiger partial charge in [0.2, 0.25) is 5.91 Å². The lowest BCUT2D eigenvalue weighted by Gasteiger charge is -2.16. The topological polar surface area (TPSA) is 107 Å². The van der Waals surface area contributed by atoms with Gasteiger partial charge in [0.1, 0.15) is 6.61 Å².